The average molecular weight is 469 g/mol. The molecule has 0 unspecified atom stereocenters. The molecule has 0 saturated heterocycles. The van der Waals surface area contributed by atoms with Gasteiger partial charge < -0.3 is 9.16 Å². The highest BCUT2D eigenvalue weighted by molar-refractivity contribution is 6.74. The molecule has 0 atom stereocenters. The lowest BCUT2D eigenvalue weighted by atomic mass is 10.1. The zero-order valence-corrected chi connectivity index (χ0v) is 22.1. The third-order valence-corrected chi connectivity index (χ3v) is 10.8. The molecular weight excluding hydrogens is 432 g/mol. The van der Waals surface area contributed by atoms with Crippen LogP contribution in [-0.4, -0.2) is 14.9 Å². The van der Waals surface area contributed by atoms with E-state index in [9.17, 15) is 0 Å². The van der Waals surface area contributed by atoms with Crippen LogP contribution in [0.4, 0.5) is 0 Å². The van der Waals surface area contributed by atoms with Crippen LogP contribution in [-0.2, 0) is 22.4 Å². The lowest BCUT2D eigenvalue weighted by molar-refractivity contribution is 0.149. The first-order valence-electron chi connectivity index (χ1n) is 11.9. The van der Waals surface area contributed by atoms with Crippen molar-refractivity contribution in [3.8, 4) is 11.8 Å². The molecule has 0 amide bonds. The summed E-state index contributed by atoms with van der Waals surface area (Å²) in [7, 11) is -1.82. The molecule has 0 fully saturated rings. The van der Waals surface area contributed by atoms with E-state index in [0.29, 0.717) is 19.8 Å². The Balaban J connectivity index is 1.66. The molecule has 0 aromatic heterocycles. The summed E-state index contributed by atoms with van der Waals surface area (Å²) in [5, 5.41) is 0.183. The van der Waals surface area contributed by atoms with Crippen LogP contribution in [0, 0.1) is 11.8 Å². The topological polar surface area (TPSA) is 18.5 Å². The minimum absolute atomic E-state index is 0.183. The summed E-state index contributed by atoms with van der Waals surface area (Å²) in [5.41, 5.74) is 5.42. The summed E-state index contributed by atoms with van der Waals surface area (Å²) in [6, 6.07) is 26.7. The summed E-state index contributed by atoms with van der Waals surface area (Å²) in [6.45, 7) is 13.0. The molecule has 0 heterocycles. The molecule has 2 nitrogen and oxygen atoms in total. The van der Waals surface area contributed by atoms with Crippen LogP contribution < -0.4 is 0 Å². The third-order valence-electron chi connectivity index (χ3n) is 6.34. The Morgan fingerprint density at radius 3 is 1.85 bits per heavy atom. The van der Waals surface area contributed by atoms with E-state index in [1.54, 1.807) is 0 Å². The number of benzene rings is 3. The molecule has 0 saturated carbocycles. The van der Waals surface area contributed by atoms with Crippen LogP contribution in [0.2, 0.25) is 18.1 Å². The lowest BCUT2D eigenvalue weighted by Gasteiger charge is -2.36. The monoisotopic (exact) mass is 468 g/mol. The Kier molecular flexibility index (Phi) is 9.07. The van der Waals surface area contributed by atoms with Crippen molar-refractivity contribution < 1.29 is 9.16 Å². The third kappa shape index (κ3) is 7.57. The van der Waals surface area contributed by atoms with Crippen molar-refractivity contribution >= 4 is 14.4 Å². The van der Waals surface area contributed by atoms with E-state index in [4.69, 9.17) is 9.16 Å². The molecule has 176 valence electrons. The Bertz CT molecular complexity index is 1150. The maximum absolute atomic E-state index is 6.45. The quantitative estimate of drug-likeness (QED) is 0.190. The van der Waals surface area contributed by atoms with Crippen molar-refractivity contribution in [3.63, 3.8) is 0 Å². The maximum Gasteiger partial charge on any atom is 0.192 e. The predicted molar refractivity (Wildman–Crippen MR) is 146 cm³/mol. The highest BCUT2D eigenvalue weighted by atomic mass is 28.4. The van der Waals surface area contributed by atoms with Crippen molar-refractivity contribution in [2.24, 2.45) is 0 Å². The van der Waals surface area contributed by atoms with Gasteiger partial charge in [-0.15, -0.1) is 0 Å². The maximum atomic E-state index is 6.45. The molecule has 3 heteroatoms. The Labute approximate surface area is 206 Å². The fourth-order valence-electron chi connectivity index (χ4n) is 3.13. The van der Waals surface area contributed by atoms with E-state index in [1.807, 2.05) is 42.5 Å². The summed E-state index contributed by atoms with van der Waals surface area (Å²) < 4.78 is 12.3. The second-order valence-corrected chi connectivity index (χ2v) is 14.8. The number of hydrogen-bond acceptors (Lipinski definition) is 2. The molecular formula is C31H36O2Si. The van der Waals surface area contributed by atoms with Gasteiger partial charge in [0.1, 0.15) is 0 Å². The van der Waals surface area contributed by atoms with Gasteiger partial charge >= 0.3 is 0 Å². The van der Waals surface area contributed by atoms with Crippen LogP contribution in [0.15, 0.2) is 84.9 Å². The summed E-state index contributed by atoms with van der Waals surface area (Å²) in [6.07, 6.45) is 4.12. The van der Waals surface area contributed by atoms with Crippen LogP contribution in [0.1, 0.15) is 48.6 Å². The van der Waals surface area contributed by atoms with Gasteiger partial charge in [0.15, 0.2) is 8.32 Å². The fraction of sp³-hybridized carbons (Fsp3) is 0.290. The van der Waals surface area contributed by atoms with Crippen molar-refractivity contribution in [2.45, 2.75) is 52.1 Å². The molecule has 0 aliphatic rings. The summed E-state index contributed by atoms with van der Waals surface area (Å²) in [5.74, 6) is 6.76. The Hall–Kier alpha value is -2.90. The zero-order valence-electron chi connectivity index (χ0n) is 21.1. The number of rotatable bonds is 8. The van der Waals surface area contributed by atoms with Gasteiger partial charge in [-0.2, -0.15) is 0 Å². The van der Waals surface area contributed by atoms with E-state index >= 15 is 0 Å². The van der Waals surface area contributed by atoms with Gasteiger partial charge in [-0.1, -0.05) is 111 Å². The summed E-state index contributed by atoms with van der Waals surface area (Å²) >= 11 is 0. The Morgan fingerprint density at radius 1 is 0.735 bits per heavy atom. The van der Waals surface area contributed by atoms with Gasteiger partial charge in [0.25, 0.3) is 0 Å². The molecule has 0 bridgehead atoms. The van der Waals surface area contributed by atoms with Gasteiger partial charge in [0.2, 0.25) is 0 Å². The minimum atomic E-state index is -1.82. The molecule has 0 aliphatic carbocycles. The molecule has 0 spiro atoms. The van der Waals surface area contributed by atoms with E-state index in [1.165, 1.54) is 5.56 Å². The van der Waals surface area contributed by atoms with Gasteiger partial charge in [-0.3, -0.25) is 0 Å². The van der Waals surface area contributed by atoms with Crippen molar-refractivity contribution in [1.29, 1.82) is 0 Å². The zero-order chi connectivity index (χ0) is 24.4. The predicted octanol–water partition coefficient (Wildman–Crippen LogP) is 7.84. The molecule has 3 rings (SSSR count). The van der Waals surface area contributed by atoms with E-state index in [-0.39, 0.29) is 5.04 Å². The molecule has 3 aromatic rings. The first-order chi connectivity index (χ1) is 16.3. The van der Waals surface area contributed by atoms with Crippen molar-refractivity contribution in [2.75, 3.05) is 6.61 Å². The molecule has 0 N–H and O–H groups in total. The number of hydrogen-bond donors (Lipinski definition) is 0. The van der Waals surface area contributed by atoms with Crippen LogP contribution in [0.5, 0.6) is 0 Å². The van der Waals surface area contributed by atoms with Gasteiger partial charge in [-0.05, 0) is 47.0 Å². The standard InChI is InChI=1S/C31H36O2Si/c1-31(2,3)34(4,5)33-25-30-20-12-10-18-28(30)22-21-27-17-9-11-19-29(27)24-32-23-13-16-26-14-7-6-8-15-26/h6-20H,23-25H2,1-5H3/b16-13+. The van der Waals surface area contributed by atoms with Gasteiger partial charge in [-0.25, -0.2) is 0 Å². The molecule has 3 aromatic carbocycles. The Morgan fingerprint density at radius 2 is 1.26 bits per heavy atom. The second kappa shape index (κ2) is 12.0. The minimum Gasteiger partial charge on any atom is -0.413 e. The molecule has 34 heavy (non-hydrogen) atoms. The average Bonchev–Trinajstić information content (AvgIpc) is 2.82. The van der Waals surface area contributed by atoms with E-state index < -0.39 is 8.32 Å². The molecule has 0 radical (unpaired) electrons. The first-order valence-corrected chi connectivity index (χ1v) is 14.8. The van der Waals surface area contributed by atoms with Gasteiger partial charge in [0.05, 0.1) is 19.8 Å². The fourth-order valence-corrected chi connectivity index (χ4v) is 4.08. The van der Waals surface area contributed by atoms with E-state index in [2.05, 4.69) is 94.2 Å². The lowest BCUT2D eigenvalue weighted by Crippen LogP contribution is -2.40. The smallest absolute Gasteiger partial charge is 0.192 e. The van der Waals surface area contributed by atoms with Crippen LogP contribution in [0.3, 0.4) is 0 Å². The number of ether oxygens (including phenoxy) is 1. The second-order valence-electron chi connectivity index (χ2n) is 9.94. The SMILES string of the molecule is CC(C)(C)[Si](C)(C)OCc1ccccc1C#Cc1ccccc1COC/C=C/c1ccccc1. The molecule has 0 aliphatic heterocycles. The van der Waals surface area contributed by atoms with Crippen molar-refractivity contribution in [3.05, 3.63) is 113 Å². The van der Waals surface area contributed by atoms with Crippen molar-refractivity contribution in [1.82, 2.24) is 0 Å². The van der Waals surface area contributed by atoms with Gasteiger partial charge in [0, 0.05) is 11.1 Å². The summed E-state index contributed by atoms with van der Waals surface area (Å²) in [4.78, 5) is 0. The largest absolute Gasteiger partial charge is 0.413 e. The first kappa shape index (κ1) is 25.7. The highest BCUT2D eigenvalue weighted by Crippen LogP contribution is 2.37. The highest BCUT2D eigenvalue weighted by Gasteiger charge is 2.37. The van der Waals surface area contributed by atoms with E-state index in [0.717, 1.165) is 22.3 Å². The normalized spacial score (nSPS) is 11.9. The van der Waals surface area contributed by atoms with Crippen LogP contribution in [0.25, 0.3) is 6.08 Å². The van der Waals surface area contributed by atoms with Crippen LogP contribution >= 0.6 is 0 Å².